The van der Waals surface area contributed by atoms with Gasteiger partial charge in [-0.25, -0.2) is 0 Å². The van der Waals surface area contributed by atoms with Gasteiger partial charge in [0.25, 0.3) is 0 Å². The van der Waals surface area contributed by atoms with E-state index in [2.05, 4.69) is 15.6 Å². The third-order valence-corrected chi connectivity index (χ3v) is 3.82. The summed E-state index contributed by atoms with van der Waals surface area (Å²) in [5.74, 6) is 1.34. The van der Waals surface area contributed by atoms with Crippen molar-refractivity contribution < 1.29 is 14.3 Å². The van der Waals surface area contributed by atoms with Gasteiger partial charge in [-0.3, -0.25) is 9.79 Å². The number of nitrogens with one attached hydrogen (secondary N) is 2. The Bertz CT molecular complexity index is 521. The molecule has 2 unspecified atom stereocenters. The lowest BCUT2D eigenvalue weighted by molar-refractivity contribution is -0.129. The first-order valence-electron chi connectivity index (χ1n) is 8.18. The Morgan fingerprint density at radius 1 is 1.54 bits per heavy atom. The van der Waals surface area contributed by atoms with Gasteiger partial charge < -0.3 is 25.1 Å². The molecule has 7 nitrogen and oxygen atoms in total. The van der Waals surface area contributed by atoms with Gasteiger partial charge in [-0.05, 0) is 25.5 Å². The third kappa shape index (κ3) is 5.97. The van der Waals surface area contributed by atoms with E-state index in [1.807, 2.05) is 18.7 Å². The number of likely N-dealkylation sites (tertiary alicyclic amines) is 1. The molecule has 1 aliphatic rings. The molecular formula is C16H27IN4O3. The first kappa shape index (κ1) is 20.8. The highest BCUT2D eigenvalue weighted by atomic mass is 127. The van der Waals surface area contributed by atoms with Crippen molar-refractivity contribution in [1.29, 1.82) is 0 Å². The number of guanidine groups is 1. The maximum Gasteiger partial charge on any atom is 0.222 e. The number of halogens is 1. The lowest BCUT2D eigenvalue weighted by Gasteiger charge is -2.19. The first-order chi connectivity index (χ1) is 11.1. The van der Waals surface area contributed by atoms with Gasteiger partial charge in [0, 0.05) is 32.1 Å². The van der Waals surface area contributed by atoms with Crippen molar-refractivity contribution in [2.75, 3.05) is 26.2 Å². The molecule has 2 rings (SSSR count). The van der Waals surface area contributed by atoms with Gasteiger partial charge in [-0.2, -0.15) is 0 Å². The number of aliphatic imine (C=N–C) groups is 1. The molecule has 2 atom stereocenters. The first-order valence-corrected chi connectivity index (χ1v) is 8.18. The quantitative estimate of drug-likeness (QED) is 0.347. The van der Waals surface area contributed by atoms with Crippen LogP contribution in [0.25, 0.3) is 0 Å². The van der Waals surface area contributed by atoms with Gasteiger partial charge in [0.1, 0.15) is 11.9 Å². The van der Waals surface area contributed by atoms with Crippen LogP contribution in [0.15, 0.2) is 27.8 Å². The van der Waals surface area contributed by atoms with Crippen molar-refractivity contribution in [1.82, 2.24) is 15.5 Å². The Morgan fingerprint density at radius 3 is 2.96 bits per heavy atom. The van der Waals surface area contributed by atoms with Gasteiger partial charge in [-0.1, -0.05) is 6.92 Å². The van der Waals surface area contributed by atoms with E-state index in [0.29, 0.717) is 24.7 Å². The van der Waals surface area contributed by atoms with Gasteiger partial charge >= 0.3 is 0 Å². The van der Waals surface area contributed by atoms with E-state index >= 15 is 0 Å². The normalized spacial score (nSPS) is 18.9. The Kier molecular flexibility index (Phi) is 9.12. The fourth-order valence-electron chi connectivity index (χ4n) is 2.59. The lowest BCUT2D eigenvalue weighted by atomic mass is 10.2. The summed E-state index contributed by atoms with van der Waals surface area (Å²) in [6, 6.07) is 3.65. The average molecular weight is 450 g/mol. The molecule has 0 spiro atoms. The van der Waals surface area contributed by atoms with E-state index in [1.165, 1.54) is 6.26 Å². The van der Waals surface area contributed by atoms with Crippen LogP contribution in [0, 0.1) is 0 Å². The summed E-state index contributed by atoms with van der Waals surface area (Å²) in [6.45, 7) is 6.28. The largest absolute Gasteiger partial charge is 0.467 e. The molecule has 3 N–H and O–H groups in total. The van der Waals surface area contributed by atoms with Crippen molar-refractivity contribution in [2.45, 2.75) is 38.8 Å². The number of hydrogen-bond donors (Lipinski definition) is 3. The molecule has 1 fully saturated rings. The van der Waals surface area contributed by atoms with Crippen LogP contribution in [-0.4, -0.2) is 54.1 Å². The number of carbonyl (C=O) groups is 1. The topological polar surface area (TPSA) is 90.1 Å². The maximum absolute atomic E-state index is 11.7. The molecule has 2 heterocycles. The minimum atomic E-state index is -0.762. The number of aliphatic hydroxyl groups is 1. The van der Waals surface area contributed by atoms with Crippen molar-refractivity contribution in [3.8, 4) is 0 Å². The Hall–Kier alpha value is -1.29. The summed E-state index contributed by atoms with van der Waals surface area (Å²) in [7, 11) is 0. The van der Waals surface area contributed by atoms with Crippen LogP contribution in [0.2, 0.25) is 0 Å². The predicted octanol–water partition coefficient (Wildman–Crippen LogP) is 1.50. The van der Waals surface area contributed by atoms with Gasteiger partial charge in [-0.15, -0.1) is 24.0 Å². The molecule has 1 saturated heterocycles. The number of nitrogens with zero attached hydrogens (tertiary/aromatic N) is 2. The monoisotopic (exact) mass is 450 g/mol. The van der Waals surface area contributed by atoms with E-state index in [-0.39, 0.29) is 42.5 Å². The summed E-state index contributed by atoms with van der Waals surface area (Å²) in [4.78, 5) is 18.0. The fraction of sp³-hybridized carbons (Fsp3) is 0.625. The van der Waals surface area contributed by atoms with Gasteiger partial charge in [0.2, 0.25) is 5.91 Å². The highest BCUT2D eigenvalue weighted by molar-refractivity contribution is 14.0. The van der Waals surface area contributed by atoms with Gasteiger partial charge in [0.15, 0.2) is 5.96 Å². The average Bonchev–Trinajstić information content (AvgIpc) is 3.23. The number of furan rings is 1. The van der Waals surface area contributed by atoms with Crippen molar-refractivity contribution in [2.24, 2.45) is 4.99 Å². The van der Waals surface area contributed by atoms with E-state index in [4.69, 9.17) is 4.42 Å². The minimum absolute atomic E-state index is 0. The van der Waals surface area contributed by atoms with E-state index < -0.39 is 6.10 Å². The Labute approximate surface area is 159 Å². The minimum Gasteiger partial charge on any atom is -0.467 e. The van der Waals surface area contributed by atoms with Gasteiger partial charge in [0.05, 0.1) is 12.8 Å². The van der Waals surface area contributed by atoms with Crippen LogP contribution in [0.3, 0.4) is 0 Å². The molecule has 0 aromatic carbocycles. The Morgan fingerprint density at radius 2 is 2.33 bits per heavy atom. The second-order valence-electron chi connectivity index (χ2n) is 5.57. The predicted molar refractivity (Wildman–Crippen MR) is 103 cm³/mol. The molecule has 0 aliphatic carbocycles. The summed E-state index contributed by atoms with van der Waals surface area (Å²) in [6.07, 6.45) is 2.21. The second-order valence-corrected chi connectivity index (χ2v) is 5.57. The summed E-state index contributed by atoms with van der Waals surface area (Å²) in [5.41, 5.74) is 0. The van der Waals surface area contributed by atoms with Crippen molar-refractivity contribution in [3.05, 3.63) is 24.2 Å². The zero-order valence-electron chi connectivity index (χ0n) is 14.2. The zero-order valence-corrected chi connectivity index (χ0v) is 16.5. The number of carbonyl (C=O) groups excluding carboxylic acids is 1. The lowest BCUT2D eigenvalue weighted by Crippen LogP contribution is -2.45. The molecule has 1 aliphatic heterocycles. The second kappa shape index (κ2) is 10.5. The highest BCUT2D eigenvalue weighted by Gasteiger charge is 2.25. The van der Waals surface area contributed by atoms with E-state index in [1.54, 1.807) is 12.1 Å². The van der Waals surface area contributed by atoms with Crippen LogP contribution in [0.5, 0.6) is 0 Å². The molecule has 0 radical (unpaired) electrons. The van der Waals surface area contributed by atoms with Crippen LogP contribution in [-0.2, 0) is 4.79 Å². The summed E-state index contributed by atoms with van der Waals surface area (Å²) in [5, 5.41) is 16.5. The molecule has 1 amide bonds. The SMILES string of the molecule is CCNC(=NCC(O)c1ccco1)NC1CCN(C(=O)CC)C1.I. The summed E-state index contributed by atoms with van der Waals surface area (Å²) < 4.78 is 5.17. The van der Waals surface area contributed by atoms with E-state index in [0.717, 1.165) is 19.5 Å². The molecule has 1 aromatic rings. The van der Waals surface area contributed by atoms with Crippen molar-refractivity contribution >= 4 is 35.8 Å². The van der Waals surface area contributed by atoms with Crippen LogP contribution >= 0.6 is 24.0 Å². The van der Waals surface area contributed by atoms with Crippen LogP contribution in [0.4, 0.5) is 0 Å². The molecule has 1 aromatic heterocycles. The zero-order chi connectivity index (χ0) is 16.7. The molecular weight excluding hydrogens is 423 g/mol. The standard InChI is InChI=1S/C16H26N4O3.HI/c1-3-15(22)20-8-7-12(11-20)19-16(17-4-2)18-10-13(21)14-6-5-9-23-14;/h5-6,9,12-13,21H,3-4,7-8,10-11H2,1-2H3,(H2,17,18,19);1H. The molecule has 0 saturated carbocycles. The Balaban J connectivity index is 0.00000288. The van der Waals surface area contributed by atoms with Crippen LogP contribution < -0.4 is 10.6 Å². The van der Waals surface area contributed by atoms with Crippen molar-refractivity contribution in [3.63, 3.8) is 0 Å². The number of amides is 1. The fourth-order valence-corrected chi connectivity index (χ4v) is 2.59. The molecule has 24 heavy (non-hydrogen) atoms. The van der Waals surface area contributed by atoms with E-state index in [9.17, 15) is 9.90 Å². The smallest absolute Gasteiger partial charge is 0.222 e. The number of rotatable bonds is 6. The molecule has 136 valence electrons. The number of hydrogen-bond acceptors (Lipinski definition) is 4. The molecule has 0 bridgehead atoms. The highest BCUT2D eigenvalue weighted by Crippen LogP contribution is 2.13. The maximum atomic E-state index is 11.7. The van der Waals surface area contributed by atoms with Crippen LogP contribution in [0.1, 0.15) is 38.6 Å². The summed E-state index contributed by atoms with van der Waals surface area (Å²) >= 11 is 0. The molecule has 8 heteroatoms. The third-order valence-electron chi connectivity index (χ3n) is 3.82. The number of aliphatic hydroxyl groups excluding tert-OH is 1.